The van der Waals surface area contributed by atoms with Crippen LogP contribution in [-0.2, 0) is 16.1 Å². The predicted molar refractivity (Wildman–Crippen MR) is 90.4 cm³/mol. The highest BCUT2D eigenvalue weighted by Crippen LogP contribution is 2.26. The number of methoxy groups -OCH3 is 2. The zero-order valence-corrected chi connectivity index (χ0v) is 14.2. The lowest BCUT2D eigenvalue weighted by atomic mass is 10.1. The van der Waals surface area contributed by atoms with Crippen LogP contribution in [-0.4, -0.2) is 43.1 Å². The Balaban J connectivity index is 2.29. The van der Waals surface area contributed by atoms with Gasteiger partial charge in [-0.3, -0.25) is 9.59 Å². The van der Waals surface area contributed by atoms with Crippen molar-refractivity contribution in [2.45, 2.75) is 6.54 Å². The van der Waals surface area contributed by atoms with Gasteiger partial charge in [0.1, 0.15) is 12.2 Å². The van der Waals surface area contributed by atoms with Crippen molar-refractivity contribution < 1.29 is 14.3 Å². The van der Waals surface area contributed by atoms with E-state index in [-0.39, 0.29) is 12.5 Å². The molecule has 0 spiro atoms. The van der Waals surface area contributed by atoms with Gasteiger partial charge in [0, 0.05) is 30.3 Å². The lowest BCUT2D eigenvalue weighted by Gasteiger charge is -2.11. The van der Waals surface area contributed by atoms with E-state index in [9.17, 15) is 9.59 Å². The SMILES string of the molecule is COCCNC(=O)Cn1nc(-c2ccc(Cl)cc2)c(OC)cc1=O. The van der Waals surface area contributed by atoms with Crippen LogP contribution in [0.3, 0.4) is 0 Å². The third kappa shape index (κ3) is 4.56. The molecule has 0 aliphatic carbocycles. The van der Waals surface area contributed by atoms with Crippen LogP contribution in [0.4, 0.5) is 0 Å². The van der Waals surface area contributed by atoms with Gasteiger partial charge >= 0.3 is 0 Å². The van der Waals surface area contributed by atoms with Crippen molar-refractivity contribution in [3.8, 4) is 17.0 Å². The van der Waals surface area contributed by atoms with E-state index in [0.717, 1.165) is 10.2 Å². The number of benzene rings is 1. The Morgan fingerprint density at radius 3 is 2.62 bits per heavy atom. The molecule has 0 fully saturated rings. The van der Waals surface area contributed by atoms with Gasteiger partial charge in [0.2, 0.25) is 5.91 Å². The van der Waals surface area contributed by atoms with E-state index in [4.69, 9.17) is 21.1 Å². The number of carbonyl (C=O) groups excluding carboxylic acids is 1. The summed E-state index contributed by atoms with van der Waals surface area (Å²) >= 11 is 5.89. The topological polar surface area (TPSA) is 82.4 Å². The van der Waals surface area contributed by atoms with Crippen LogP contribution in [0.1, 0.15) is 0 Å². The molecule has 2 aromatic rings. The van der Waals surface area contributed by atoms with Gasteiger partial charge in [-0.15, -0.1) is 0 Å². The van der Waals surface area contributed by atoms with Crippen molar-refractivity contribution in [3.05, 3.63) is 45.7 Å². The normalized spacial score (nSPS) is 10.5. The van der Waals surface area contributed by atoms with Crippen LogP contribution in [0.15, 0.2) is 35.1 Å². The second kappa shape index (κ2) is 8.47. The number of carbonyl (C=O) groups is 1. The Hall–Kier alpha value is -2.38. The number of ether oxygens (including phenoxy) is 2. The zero-order chi connectivity index (χ0) is 17.5. The van der Waals surface area contributed by atoms with Gasteiger partial charge in [-0.1, -0.05) is 23.7 Å². The molecule has 1 aromatic carbocycles. The van der Waals surface area contributed by atoms with Crippen LogP contribution in [0, 0.1) is 0 Å². The van der Waals surface area contributed by atoms with E-state index < -0.39 is 5.56 Å². The first-order valence-electron chi connectivity index (χ1n) is 7.23. The molecule has 0 bridgehead atoms. The lowest BCUT2D eigenvalue weighted by Crippen LogP contribution is -2.35. The van der Waals surface area contributed by atoms with Gasteiger partial charge in [0.15, 0.2) is 5.75 Å². The van der Waals surface area contributed by atoms with Gasteiger partial charge in [-0.05, 0) is 12.1 Å². The molecule has 24 heavy (non-hydrogen) atoms. The number of halogens is 1. The van der Waals surface area contributed by atoms with Gasteiger partial charge in [0.25, 0.3) is 5.56 Å². The van der Waals surface area contributed by atoms with Crippen LogP contribution >= 0.6 is 11.6 Å². The number of aromatic nitrogens is 2. The quantitative estimate of drug-likeness (QED) is 0.761. The molecule has 0 atom stereocenters. The van der Waals surface area contributed by atoms with Crippen LogP contribution in [0.2, 0.25) is 5.02 Å². The first-order chi connectivity index (χ1) is 11.5. The monoisotopic (exact) mass is 351 g/mol. The number of hydrogen-bond donors (Lipinski definition) is 1. The highest BCUT2D eigenvalue weighted by Gasteiger charge is 2.13. The molecule has 2 rings (SSSR count). The second-order valence-corrected chi connectivity index (χ2v) is 5.34. The zero-order valence-electron chi connectivity index (χ0n) is 13.4. The molecule has 0 aliphatic rings. The molecule has 0 unspecified atom stereocenters. The standard InChI is InChI=1S/C16H18ClN3O4/c1-23-8-7-18-14(21)10-20-15(22)9-13(24-2)16(19-20)11-3-5-12(17)6-4-11/h3-6,9H,7-8,10H2,1-2H3,(H,18,21). The van der Waals surface area contributed by atoms with E-state index in [1.807, 2.05) is 0 Å². The Labute approximate surface area is 144 Å². The smallest absolute Gasteiger partial charge is 0.270 e. The summed E-state index contributed by atoms with van der Waals surface area (Å²) in [5, 5.41) is 7.48. The Morgan fingerprint density at radius 1 is 1.29 bits per heavy atom. The van der Waals surface area contributed by atoms with Gasteiger partial charge in [-0.25, -0.2) is 4.68 Å². The Morgan fingerprint density at radius 2 is 2.00 bits per heavy atom. The number of hydrogen-bond acceptors (Lipinski definition) is 5. The minimum absolute atomic E-state index is 0.187. The van der Waals surface area contributed by atoms with E-state index in [1.54, 1.807) is 31.4 Å². The number of amides is 1. The van der Waals surface area contributed by atoms with Crippen LogP contribution in [0.5, 0.6) is 5.75 Å². The minimum Gasteiger partial charge on any atom is -0.494 e. The van der Waals surface area contributed by atoms with E-state index >= 15 is 0 Å². The summed E-state index contributed by atoms with van der Waals surface area (Å²) in [7, 11) is 3.00. The fourth-order valence-electron chi connectivity index (χ4n) is 2.04. The maximum Gasteiger partial charge on any atom is 0.270 e. The summed E-state index contributed by atoms with van der Waals surface area (Å²) in [6.07, 6.45) is 0. The Bertz CT molecular complexity index is 759. The van der Waals surface area contributed by atoms with Crippen molar-refractivity contribution in [2.75, 3.05) is 27.4 Å². The maximum absolute atomic E-state index is 12.1. The molecule has 128 valence electrons. The average molecular weight is 352 g/mol. The van der Waals surface area contributed by atoms with Crippen molar-refractivity contribution in [1.29, 1.82) is 0 Å². The average Bonchev–Trinajstić information content (AvgIpc) is 2.57. The summed E-state index contributed by atoms with van der Waals surface area (Å²) in [5.74, 6) is 0.00670. The first-order valence-corrected chi connectivity index (χ1v) is 7.60. The van der Waals surface area contributed by atoms with Crippen LogP contribution in [0.25, 0.3) is 11.3 Å². The maximum atomic E-state index is 12.1. The fourth-order valence-corrected chi connectivity index (χ4v) is 2.16. The summed E-state index contributed by atoms with van der Waals surface area (Å²) in [5.41, 5.74) is 0.759. The van der Waals surface area contributed by atoms with Crippen molar-refractivity contribution >= 4 is 17.5 Å². The molecular formula is C16H18ClN3O4. The molecular weight excluding hydrogens is 334 g/mol. The number of nitrogens with zero attached hydrogens (tertiary/aromatic N) is 2. The highest BCUT2D eigenvalue weighted by molar-refractivity contribution is 6.30. The second-order valence-electron chi connectivity index (χ2n) is 4.91. The summed E-state index contributed by atoms with van der Waals surface area (Å²) in [6.45, 7) is 0.574. The molecule has 1 heterocycles. The highest BCUT2D eigenvalue weighted by atomic mass is 35.5. The molecule has 0 aliphatic heterocycles. The number of nitrogens with one attached hydrogen (secondary N) is 1. The van der Waals surface area contributed by atoms with E-state index in [0.29, 0.717) is 29.6 Å². The third-order valence-corrected chi connectivity index (χ3v) is 3.47. The molecule has 7 nitrogen and oxygen atoms in total. The Kier molecular flexibility index (Phi) is 6.34. The van der Waals surface area contributed by atoms with Gasteiger partial charge < -0.3 is 14.8 Å². The summed E-state index contributed by atoms with van der Waals surface area (Å²) in [4.78, 5) is 24.0. The largest absolute Gasteiger partial charge is 0.494 e. The molecule has 0 saturated carbocycles. The van der Waals surface area contributed by atoms with Crippen molar-refractivity contribution in [1.82, 2.24) is 15.1 Å². The molecule has 1 aromatic heterocycles. The first kappa shape index (κ1) is 18.0. The number of rotatable bonds is 7. The molecule has 0 radical (unpaired) electrons. The van der Waals surface area contributed by atoms with E-state index in [2.05, 4.69) is 10.4 Å². The molecule has 0 saturated heterocycles. The lowest BCUT2D eigenvalue weighted by molar-refractivity contribution is -0.122. The molecule has 8 heteroatoms. The minimum atomic E-state index is -0.425. The molecule has 1 N–H and O–H groups in total. The predicted octanol–water partition coefficient (Wildman–Crippen LogP) is 1.33. The van der Waals surface area contributed by atoms with Crippen LogP contribution < -0.4 is 15.6 Å². The fraction of sp³-hybridized carbons (Fsp3) is 0.312. The summed E-state index contributed by atoms with van der Waals surface area (Å²) < 4.78 is 11.2. The third-order valence-electron chi connectivity index (χ3n) is 3.22. The van der Waals surface area contributed by atoms with Crippen molar-refractivity contribution in [3.63, 3.8) is 0 Å². The summed E-state index contributed by atoms with van der Waals surface area (Å²) in [6, 6.07) is 8.26. The van der Waals surface area contributed by atoms with Gasteiger partial charge in [0.05, 0.1) is 13.7 Å². The van der Waals surface area contributed by atoms with Gasteiger partial charge in [-0.2, -0.15) is 5.10 Å². The van der Waals surface area contributed by atoms with E-state index in [1.165, 1.54) is 13.2 Å². The molecule has 1 amide bonds. The van der Waals surface area contributed by atoms with Crippen molar-refractivity contribution in [2.24, 2.45) is 0 Å².